The maximum absolute atomic E-state index is 12.8. The molecule has 2 saturated heterocycles. The summed E-state index contributed by atoms with van der Waals surface area (Å²) < 4.78 is 1.50. The Labute approximate surface area is 218 Å². The smallest absolute Gasteiger partial charge is 0.312 e. The summed E-state index contributed by atoms with van der Waals surface area (Å²) in [6.45, 7) is 1.47. The van der Waals surface area contributed by atoms with Gasteiger partial charge >= 0.3 is 11.8 Å². The molecule has 4 N–H and O–H groups in total. The van der Waals surface area contributed by atoms with Gasteiger partial charge in [0.2, 0.25) is 0 Å². The van der Waals surface area contributed by atoms with Gasteiger partial charge in [-0.3, -0.25) is 19.4 Å². The van der Waals surface area contributed by atoms with Crippen LogP contribution in [0, 0.1) is 0 Å². The Morgan fingerprint density at radius 3 is 2.26 bits per heavy atom. The fraction of sp³-hybridized carbons (Fsp3) is 0.286. The van der Waals surface area contributed by atoms with E-state index in [4.69, 9.17) is 16.5 Å². The van der Waals surface area contributed by atoms with Crippen molar-refractivity contribution in [2.45, 2.75) is 50.6 Å². The van der Waals surface area contributed by atoms with Gasteiger partial charge in [-0.1, -0.05) is 36.4 Å². The second kappa shape index (κ2) is 9.05. The van der Waals surface area contributed by atoms with Gasteiger partial charge in [0.1, 0.15) is 5.82 Å². The van der Waals surface area contributed by atoms with Gasteiger partial charge in [0.25, 0.3) is 0 Å². The first kappa shape index (κ1) is 23.8. The van der Waals surface area contributed by atoms with Crippen molar-refractivity contribution in [2.24, 2.45) is 5.73 Å². The Kier molecular flexibility index (Phi) is 5.67. The zero-order chi connectivity index (χ0) is 26.6. The van der Waals surface area contributed by atoms with Crippen LogP contribution in [0.1, 0.15) is 54.6 Å². The number of hydrogen-bond acceptors (Lipinski definition) is 7. The Balaban J connectivity index is 1.40. The predicted molar refractivity (Wildman–Crippen MR) is 141 cm³/mol. The Morgan fingerprint density at radius 1 is 0.947 bits per heavy atom. The number of primary amides is 1. The molecule has 10 heteroatoms. The van der Waals surface area contributed by atoms with Gasteiger partial charge in [0.15, 0.2) is 11.4 Å². The van der Waals surface area contributed by atoms with Crippen LogP contribution >= 0.6 is 0 Å². The molecule has 4 aromatic rings. The third kappa shape index (κ3) is 3.80. The lowest BCUT2D eigenvalue weighted by molar-refractivity contribution is -0.147. The van der Waals surface area contributed by atoms with Gasteiger partial charge in [0.05, 0.1) is 23.1 Å². The second-order valence-corrected chi connectivity index (χ2v) is 10.0. The van der Waals surface area contributed by atoms with Crippen LogP contribution in [0.3, 0.4) is 0 Å². The molecule has 5 heterocycles. The fourth-order valence-electron chi connectivity index (χ4n) is 6.08. The number of carbonyl (C=O) groups excluding carboxylic acids is 3. The van der Waals surface area contributed by atoms with E-state index in [0.717, 1.165) is 35.2 Å². The molecule has 1 unspecified atom stereocenters. The number of nitrogens with two attached hydrogens (primary N) is 2. The van der Waals surface area contributed by atoms with Crippen molar-refractivity contribution < 1.29 is 14.4 Å². The van der Waals surface area contributed by atoms with Crippen molar-refractivity contribution in [3.63, 3.8) is 0 Å². The lowest BCUT2D eigenvalue weighted by atomic mass is 9.85. The minimum Gasteiger partial charge on any atom is -0.383 e. The van der Waals surface area contributed by atoms with Crippen LogP contribution in [-0.2, 0) is 9.59 Å². The standard InChI is InChI=1S/C28H27N7O3/c1-15(36)23-24(18-11-19-8-9-20(12-18)34(19)28(38)26(30)37)33-27-21(14-32-35(27)25(23)29)17-7-10-22(31-13-17)16-5-3-2-4-6-16/h2-7,10,13-14,18-20H,8-9,11-12,29H2,1H3,(H2,30,37)/t18?,19-,20+. The average molecular weight is 510 g/mol. The Morgan fingerprint density at radius 2 is 1.66 bits per heavy atom. The first-order chi connectivity index (χ1) is 18.3. The van der Waals surface area contributed by atoms with E-state index < -0.39 is 11.8 Å². The highest BCUT2D eigenvalue weighted by molar-refractivity contribution is 6.34. The summed E-state index contributed by atoms with van der Waals surface area (Å²) in [6, 6.07) is 13.6. The monoisotopic (exact) mass is 509 g/mol. The largest absolute Gasteiger partial charge is 0.383 e. The number of nitrogen functional groups attached to an aromatic ring is 1. The molecule has 0 spiro atoms. The summed E-state index contributed by atoms with van der Waals surface area (Å²) in [5.74, 6) is -1.64. The summed E-state index contributed by atoms with van der Waals surface area (Å²) in [7, 11) is 0. The normalized spacial score (nSPS) is 20.6. The Bertz CT molecular complexity index is 1570. The lowest BCUT2D eigenvalue weighted by Gasteiger charge is -2.38. The summed E-state index contributed by atoms with van der Waals surface area (Å²) in [6.07, 6.45) is 6.19. The van der Waals surface area contributed by atoms with Crippen LogP contribution < -0.4 is 11.5 Å². The van der Waals surface area contributed by atoms with Crippen molar-refractivity contribution in [1.82, 2.24) is 24.5 Å². The molecule has 0 aliphatic carbocycles. The van der Waals surface area contributed by atoms with Crippen LogP contribution in [0.5, 0.6) is 0 Å². The molecule has 0 radical (unpaired) electrons. The van der Waals surface area contributed by atoms with Gasteiger partial charge in [-0.15, -0.1) is 0 Å². The van der Waals surface area contributed by atoms with E-state index >= 15 is 0 Å². The number of rotatable bonds is 4. The number of fused-ring (bicyclic) bond motifs is 3. The second-order valence-electron chi connectivity index (χ2n) is 10.0. The molecule has 38 heavy (non-hydrogen) atoms. The first-order valence-electron chi connectivity index (χ1n) is 12.7. The van der Waals surface area contributed by atoms with Gasteiger partial charge < -0.3 is 16.4 Å². The number of pyridine rings is 1. The van der Waals surface area contributed by atoms with Crippen LogP contribution in [0.15, 0.2) is 54.9 Å². The number of hydrogen-bond donors (Lipinski definition) is 2. The molecule has 0 saturated carbocycles. The summed E-state index contributed by atoms with van der Waals surface area (Å²) >= 11 is 0. The van der Waals surface area contributed by atoms with Crippen LogP contribution in [0.2, 0.25) is 0 Å². The van der Waals surface area contributed by atoms with Gasteiger partial charge in [-0.2, -0.15) is 9.61 Å². The number of ketones is 1. The summed E-state index contributed by atoms with van der Waals surface area (Å²) in [5, 5.41) is 4.45. The fourth-order valence-corrected chi connectivity index (χ4v) is 6.08. The number of carbonyl (C=O) groups is 3. The van der Waals surface area contributed by atoms with E-state index in [2.05, 4.69) is 10.1 Å². The minimum atomic E-state index is -0.940. The van der Waals surface area contributed by atoms with Crippen LogP contribution in [-0.4, -0.2) is 54.2 Å². The van der Waals surface area contributed by atoms with Gasteiger partial charge in [-0.05, 0) is 38.7 Å². The van der Waals surface area contributed by atoms with E-state index in [1.165, 1.54) is 11.4 Å². The van der Waals surface area contributed by atoms with Gasteiger partial charge in [-0.25, -0.2) is 4.98 Å². The van der Waals surface area contributed by atoms with Crippen molar-refractivity contribution in [1.29, 1.82) is 0 Å². The number of amides is 2. The molecule has 6 rings (SSSR count). The van der Waals surface area contributed by atoms with Crippen molar-refractivity contribution >= 4 is 29.1 Å². The highest BCUT2D eigenvalue weighted by atomic mass is 16.2. The molecule has 2 aliphatic heterocycles. The molecule has 2 fully saturated rings. The maximum Gasteiger partial charge on any atom is 0.312 e. The molecule has 2 amide bonds. The van der Waals surface area contributed by atoms with Crippen molar-refractivity contribution in [2.75, 3.05) is 5.73 Å². The average Bonchev–Trinajstić information content (AvgIpc) is 3.46. The number of piperidine rings is 1. The van der Waals surface area contributed by atoms with E-state index in [1.807, 2.05) is 42.5 Å². The summed E-state index contributed by atoms with van der Waals surface area (Å²) in [4.78, 5) is 48.0. The van der Waals surface area contributed by atoms with Crippen molar-refractivity contribution in [3.05, 3.63) is 66.1 Å². The zero-order valence-corrected chi connectivity index (χ0v) is 20.9. The predicted octanol–water partition coefficient (Wildman–Crippen LogP) is 2.97. The third-order valence-corrected chi connectivity index (χ3v) is 7.77. The molecule has 1 aromatic carbocycles. The van der Waals surface area contributed by atoms with E-state index in [-0.39, 0.29) is 29.6 Å². The van der Waals surface area contributed by atoms with Crippen molar-refractivity contribution in [3.8, 4) is 22.4 Å². The maximum atomic E-state index is 12.8. The molecule has 2 aliphatic rings. The first-order valence-corrected chi connectivity index (χ1v) is 12.7. The number of anilines is 1. The number of benzene rings is 1. The lowest BCUT2D eigenvalue weighted by Crippen LogP contribution is -2.50. The third-order valence-electron chi connectivity index (χ3n) is 7.77. The van der Waals surface area contributed by atoms with E-state index in [9.17, 15) is 14.4 Å². The van der Waals surface area contributed by atoms with E-state index in [0.29, 0.717) is 29.7 Å². The molecular weight excluding hydrogens is 482 g/mol. The Hall–Kier alpha value is -4.60. The minimum absolute atomic E-state index is 0.100. The molecule has 192 valence electrons. The molecule has 2 bridgehead atoms. The van der Waals surface area contributed by atoms with E-state index in [1.54, 1.807) is 17.3 Å². The topological polar surface area (TPSA) is 150 Å². The van der Waals surface area contributed by atoms with Gasteiger partial charge in [0, 0.05) is 40.9 Å². The van der Waals surface area contributed by atoms with Crippen LogP contribution in [0.25, 0.3) is 28.0 Å². The molecule has 10 nitrogen and oxygen atoms in total. The highest BCUT2D eigenvalue weighted by Gasteiger charge is 2.46. The number of aromatic nitrogens is 4. The highest BCUT2D eigenvalue weighted by Crippen LogP contribution is 2.44. The molecule has 3 atom stereocenters. The summed E-state index contributed by atoms with van der Waals surface area (Å²) in [5.41, 5.74) is 16.8. The zero-order valence-electron chi connectivity index (χ0n) is 20.9. The molecule has 3 aromatic heterocycles. The van der Waals surface area contributed by atoms with Crippen LogP contribution in [0.4, 0.5) is 5.82 Å². The quantitative estimate of drug-likeness (QED) is 0.317. The number of nitrogens with zero attached hydrogens (tertiary/aromatic N) is 5. The molecular formula is C28H27N7O3. The SMILES string of the molecule is CC(=O)c1c(C2C[C@H]3CC[C@@H](C2)N3C(=O)C(N)=O)nc2c(-c3ccc(-c4ccccc4)nc3)cnn2c1N. The number of Topliss-reactive ketones (excluding diaryl/α,β-unsaturated/α-hetero) is 1.